The molecule has 1 aliphatic heterocycles. The van der Waals surface area contributed by atoms with Gasteiger partial charge in [0.25, 0.3) is 11.1 Å². The molecule has 0 atom stereocenters. The number of amides is 2. The fraction of sp³-hybridized carbons (Fsp3) is 0. The normalized spacial score (nSPS) is 17.2. The molecule has 0 bridgehead atoms. The van der Waals surface area contributed by atoms with Crippen LogP contribution in [0.2, 0.25) is 0 Å². The first-order valence-corrected chi connectivity index (χ1v) is 7.42. The summed E-state index contributed by atoms with van der Waals surface area (Å²) >= 11 is 2.34. The lowest BCUT2D eigenvalue weighted by molar-refractivity contribution is -0.113. The molecular weight excluding hydrogens is 297 g/mol. The number of carbonyl (C=O) groups is 2. The first-order chi connectivity index (χ1) is 9.65. The predicted octanol–water partition coefficient (Wildman–Crippen LogP) is 4.13. The zero-order valence-corrected chi connectivity index (χ0v) is 11.7. The Morgan fingerprint density at radius 3 is 2.70 bits per heavy atom. The molecule has 0 N–H and O–H groups in total. The summed E-state index contributed by atoms with van der Waals surface area (Å²) in [7, 11) is 0. The molecule has 0 spiro atoms. The van der Waals surface area contributed by atoms with Crippen molar-refractivity contribution in [2.45, 2.75) is 0 Å². The molecule has 2 aromatic rings. The van der Waals surface area contributed by atoms with E-state index >= 15 is 0 Å². The maximum absolute atomic E-state index is 13.2. The summed E-state index contributed by atoms with van der Waals surface area (Å²) in [4.78, 5) is 26.4. The molecular formula is C14H8FNO2S2. The van der Waals surface area contributed by atoms with Crippen LogP contribution < -0.4 is 4.90 Å². The number of hydrogen-bond acceptors (Lipinski definition) is 4. The number of nitrogens with zero attached hydrogens (tertiary/aromatic N) is 1. The van der Waals surface area contributed by atoms with Crippen molar-refractivity contribution in [2.24, 2.45) is 0 Å². The Bertz CT molecular complexity index is 710. The van der Waals surface area contributed by atoms with Crippen LogP contribution in [0.3, 0.4) is 0 Å². The Balaban J connectivity index is 1.95. The van der Waals surface area contributed by atoms with E-state index in [9.17, 15) is 14.0 Å². The number of thiophene rings is 1. The molecule has 1 aromatic carbocycles. The van der Waals surface area contributed by atoms with Gasteiger partial charge in [-0.1, -0.05) is 12.1 Å². The number of anilines is 1. The zero-order valence-electron chi connectivity index (χ0n) is 10.1. The lowest BCUT2D eigenvalue weighted by atomic mass is 10.3. The van der Waals surface area contributed by atoms with Gasteiger partial charge in [-0.25, -0.2) is 9.29 Å². The number of rotatable bonds is 2. The van der Waals surface area contributed by atoms with Crippen LogP contribution in [0.15, 0.2) is 46.7 Å². The number of thioether (sulfide) groups is 1. The molecule has 1 saturated heterocycles. The van der Waals surface area contributed by atoms with Gasteiger partial charge in [0.2, 0.25) is 0 Å². The molecule has 3 nitrogen and oxygen atoms in total. The van der Waals surface area contributed by atoms with Gasteiger partial charge < -0.3 is 0 Å². The first-order valence-electron chi connectivity index (χ1n) is 5.72. The number of halogens is 1. The van der Waals surface area contributed by atoms with E-state index in [0.29, 0.717) is 4.91 Å². The Kier molecular flexibility index (Phi) is 3.42. The van der Waals surface area contributed by atoms with Crippen molar-refractivity contribution in [1.29, 1.82) is 0 Å². The third-order valence-corrected chi connectivity index (χ3v) is 4.37. The van der Waals surface area contributed by atoms with Crippen molar-refractivity contribution in [1.82, 2.24) is 0 Å². The van der Waals surface area contributed by atoms with E-state index in [2.05, 4.69) is 0 Å². The van der Waals surface area contributed by atoms with Crippen molar-refractivity contribution in [3.8, 4) is 0 Å². The van der Waals surface area contributed by atoms with Crippen molar-refractivity contribution < 1.29 is 14.0 Å². The van der Waals surface area contributed by atoms with Crippen LogP contribution in [-0.4, -0.2) is 11.1 Å². The van der Waals surface area contributed by atoms with Gasteiger partial charge in [-0.05, 0) is 47.5 Å². The van der Waals surface area contributed by atoms with E-state index in [4.69, 9.17) is 0 Å². The predicted molar refractivity (Wildman–Crippen MR) is 79.2 cm³/mol. The average molecular weight is 305 g/mol. The molecule has 0 aliphatic carbocycles. The number of hydrogen-bond donors (Lipinski definition) is 0. The monoisotopic (exact) mass is 305 g/mol. The molecule has 1 fully saturated rings. The maximum atomic E-state index is 13.2. The molecule has 2 heterocycles. The molecule has 2 amide bonds. The maximum Gasteiger partial charge on any atom is 0.298 e. The number of imide groups is 1. The van der Waals surface area contributed by atoms with Crippen LogP contribution in [0.4, 0.5) is 14.9 Å². The topological polar surface area (TPSA) is 37.4 Å². The second kappa shape index (κ2) is 5.22. The van der Waals surface area contributed by atoms with Crippen LogP contribution in [0.5, 0.6) is 0 Å². The highest BCUT2D eigenvalue weighted by atomic mass is 32.2. The van der Waals surface area contributed by atoms with Gasteiger partial charge in [-0.3, -0.25) is 9.59 Å². The SMILES string of the molecule is O=C1S/C(=C\c2cccs2)C(=O)N1c1cccc(F)c1. The van der Waals surface area contributed by atoms with E-state index in [1.165, 1.54) is 35.6 Å². The summed E-state index contributed by atoms with van der Waals surface area (Å²) in [6.07, 6.45) is 1.68. The van der Waals surface area contributed by atoms with E-state index in [1.54, 1.807) is 6.08 Å². The molecule has 0 unspecified atom stereocenters. The second-order valence-electron chi connectivity index (χ2n) is 4.01. The fourth-order valence-electron chi connectivity index (χ4n) is 1.81. The summed E-state index contributed by atoms with van der Waals surface area (Å²) in [6.45, 7) is 0. The van der Waals surface area contributed by atoms with Crippen molar-refractivity contribution in [3.05, 3.63) is 57.4 Å². The van der Waals surface area contributed by atoms with Crippen LogP contribution in [0.25, 0.3) is 6.08 Å². The minimum atomic E-state index is -0.483. The molecule has 0 saturated carbocycles. The zero-order chi connectivity index (χ0) is 14.1. The molecule has 20 heavy (non-hydrogen) atoms. The van der Waals surface area contributed by atoms with Gasteiger partial charge in [0, 0.05) is 4.88 Å². The van der Waals surface area contributed by atoms with Crippen molar-refractivity contribution in [2.75, 3.05) is 4.90 Å². The van der Waals surface area contributed by atoms with Gasteiger partial charge in [0.15, 0.2) is 0 Å². The van der Waals surface area contributed by atoms with Gasteiger partial charge in [0.05, 0.1) is 10.6 Å². The average Bonchev–Trinajstić information content (AvgIpc) is 2.99. The Hall–Kier alpha value is -1.92. The summed E-state index contributed by atoms with van der Waals surface area (Å²) in [6, 6.07) is 9.17. The van der Waals surface area contributed by atoms with Crippen LogP contribution in [0.1, 0.15) is 4.88 Å². The molecule has 6 heteroatoms. The lowest BCUT2D eigenvalue weighted by Gasteiger charge is -2.11. The Morgan fingerprint density at radius 1 is 1.15 bits per heavy atom. The number of benzene rings is 1. The van der Waals surface area contributed by atoms with Gasteiger partial charge in [-0.2, -0.15) is 0 Å². The van der Waals surface area contributed by atoms with E-state index < -0.39 is 17.0 Å². The summed E-state index contributed by atoms with van der Waals surface area (Å²) in [5, 5.41) is 1.48. The van der Waals surface area contributed by atoms with Gasteiger partial charge in [-0.15, -0.1) is 11.3 Å². The van der Waals surface area contributed by atoms with Gasteiger partial charge in [0.1, 0.15) is 5.82 Å². The largest absolute Gasteiger partial charge is 0.298 e. The Morgan fingerprint density at radius 2 is 2.00 bits per heavy atom. The minimum absolute atomic E-state index is 0.252. The number of carbonyl (C=O) groups excluding carboxylic acids is 2. The standard InChI is InChI=1S/C14H8FNO2S2/c15-9-3-1-4-10(7-9)16-13(17)12(20-14(16)18)8-11-5-2-6-19-11/h1-8H/b12-8-. The van der Waals surface area contributed by atoms with E-state index in [0.717, 1.165) is 21.5 Å². The van der Waals surface area contributed by atoms with E-state index in [-0.39, 0.29) is 5.69 Å². The highest BCUT2D eigenvalue weighted by Crippen LogP contribution is 2.36. The first kappa shape index (κ1) is 13.1. The highest BCUT2D eigenvalue weighted by Gasteiger charge is 2.36. The molecule has 100 valence electrons. The quantitative estimate of drug-likeness (QED) is 0.783. The summed E-state index contributed by atoms with van der Waals surface area (Å²) in [5.74, 6) is -0.900. The summed E-state index contributed by atoms with van der Waals surface area (Å²) in [5.41, 5.74) is 0.252. The third kappa shape index (κ3) is 2.39. The smallest absolute Gasteiger partial charge is 0.268 e. The molecule has 0 radical (unpaired) electrons. The van der Waals surface area contributed by atoms with Gasteiger partial charge >= 0.3 is 0 Å². The third-order valence-electron chi connectivity index (χ3n) is 2.68. The van der Waals surface area contributed by atoms with Crippen molar-refractivity contribution >= 4 is 46.0 Å². The molecule has 3 rings (SSSR count). The van der Waals surface area contributed by atoms with Crippen LogP contribution >= 0.6 is 23.1 Å². The minimum Gasteiger partial charge on any atom is -0.268 e. The van der Waals surface area contributed by atoms with Crippen LogP contribution in [0, 0.1) is 5.82 Å². The molecule has 1 aliphatic rings. The molecule has 1 aromatic heterocycles. The summed E-state index contributed by atoms with van der Waals surface area (Å²) < 4.78 is 13.2. The van der Waals surface area contributed by atoms with E-state index in [1.807, 2.05) is 17.5 Å². The highest BCUT2D eigenvalue weighted by molar-refractivity contribution is 8.19. The fourth-order valence-corrected chi connectivity index (χ4v) is 3.37. The van der Waals surface area contributed by atoms with Crippen molar-refractivity contribution in [3.63, 3.8) is 0 Å². The Labute approximate surface area is 122 Å². The second-order valence-corrected chi connectivity index (χ2v) is 5.98. The van der Waals surface area contributed by atoms with Crippen LogP contribution in [-0.2, 0) is 4.79 Å². The lowest BCUT2D eigenvalue weighted by Crippen LogP contribution is -2.27.